The van der Waals surface area contributed by atoms with Crippen LogP contribution in [0.2, 0.25) is 0 Å². The second-order valence-corrected chi connectivity index (χ2v) is 5.86. The number of aromatic nitrogens is 1. The molecule has 1 aromatic carbocycles. The predicted octanol–water partition coefficient (Wildman–Crippen LogP) is 2.40. The minimum absolute atomic E-state index is 0.113. The standard InChI is InChI=1S/C15H14F2N2O3S/c16-11-2-1-10(7-12(11)17)22-9-14(20)19-4-5-21-13(8-19)15-18-3-6-23-15/h1-3,6-7,13H,4-5,8-9H2. The van der Waals surface area contributed by atoms with Crippen molar-refractivity contribution in [3.05, 3.63) is 46.4 Å². The molecule has 0 bridgehead atoms. The van der Waals surface area contributed by atoms with E-state index < -0.39 is 11.6 Å². The molecule has 0 radical (unpaired) electrons. The summed E-state index contributed by atoms with van der Waals surface area (Å²) in [5.41, 5.74) is 0. The minimum atomic E-state index is -1.01. The first kappa shape index (κ1) is 15.8. The van der Waals surface area contributed by atoms with Gasteiger partial charge < -0.3 is 14.4 Å². The highest BCUT2D eigenvalue weighted by Crippen LogP contribution is 2.24. The topological polar surface area (TPSA) is 51.7 Å². The summed E-state index contributed by atoms with van der Waals surface area (Å²) in [4.78, 5) is 18.0. The Morgan fingerprint density at radius 1 is 1.43 bits per heavy atom. The van der Waals surface area contributed by atoms with Gasteiger partial charge in [0.15, 0.2) is 18.2 Å². The van der Waals surface area contributed by atoms with Gasteiger partial charge in [0.05, 0.1) is 13.2 Å². The molecular weight excluding hydrogens is 326 g/mol. The number of thiazole rings is 1. The molecule has 1 unspecified atom stereocenters. The second-order valence-electron chi connectivity index (χ2n) is 4.93. The molecule has 0 spiro atoms. The van der Waals surface area contributed by atoms with E-state index in [1.165, 1.54) is 17.4 Å². The van der Waals surface area contributed by atoms with E-state index in [2.05, 4.69) is 4.98 Å². The number of rotatable bonds is 4. The Bertz CT molecular complexity index is 681. The highest BCUT2D eigenvalue weighted by Gasteiger charge is 2.27. The Morgan fingerprint density at radius 2 is 2.30 bits per heavy atom. The molecule has 0 aliphatic carbocycles. The van der Waals surface area contributed by atoms with E-state index in [4.69, 9.17) is 9.47 Å². The highest BCUT2D eigenvalue weighted by molar-refractivity contribution is 7.09. The highest BCUT2D eigenvalue weighted by atomic mass is 32.1. The molecule has 2 aromatic rings. The number of benzene rings is 1. The average molecular weight is 340 g/mol. The van der Waals surface area contributed by atoms with Crippen molar-refractivity contribution in [3.8, 4) is 5.75 Å². The van der Waals surface area contributed by atoms with Crippen LogP contribution in [-0.2, 0) is 9.53 Å². The van der Waals surface area contributed by atoms with Crippen molar-refractivity contribution < 1.29 is 23.0 Å². The summed E-state index contributed by atoms with van der Waals surface area (Å²) in [6.45, 7) is 1.03. The van der Waals surface area contributed by atoms with E-state index in [1.807, 2.05) is 5.38 Å². The molecule has 2 heterocycles. The molecule has 1 aliphatic rings. The summed E-state index contributed by atoms with van der Waals surface area (Å²) < 4.78 is 36.8. The molecule has 0 N–H and O–H groups in total. The maximum absolute atomic E-state index is 13.1. The molecule has 0 saturated carbocycles. The number of carbonyl (C=O) groups excluding carboxylic acids is 1. The first-order valence-electron chi connectivity index (χ1n) is 7.00. The van der Waals surface area contributed by atoms with Gasteiger partial charge in [-0.1, -0.05) is 0 Å². The fourth-order valence-electron chi connectivity index (χ4n) is 2.22. The lowest BCUT2D eigenvalue weighted by Crippen LogP contribution is -2.44. The number of hydrogen-bond acceptors (Lipinski definition) is 5. The molecule has 1 fully saturated rings. The van der Waals surface area contributed by atoms with Crippen LogP contribution in [0.1, 0.15) is 11.1 Å². The minimum Gasteiger partial charge on any atom is -0.484 e. The maximum atomic E-state index is 13.1. The SMILES string of the molecule is O=C(COc1ccc(F)c(F)c1)N1CCOC(c2nccs2)C1. The number of ether oxygens (including phenoxy) is 2. The lowest BCUT2D eigenvalue weighted by molar-refractivity contribution is -0.141. The van der Waals surface area contributed by atoms with E-state index in [1.54, 1.807) is 11.1 Å². The maximum Gasteiger partial charge on any atom is 0.260 e. The van der Waals surface area contributed by atoms with E-state index in [0.29, 0.717) is 19.7 Å². The van der Waals surface area contributed by atoms with Crippen molar-refractivity contribution in [2.75, 3.05) is 26.3 Å². The van der Waals surface area contributed by atoms with Crippen LogP contribution in [0.3, 0.4) is 0 Å². The van der Waals surface area contributed by atoms with Gasteiger partial charge in [-0.3, -0.25) is 4.79 Å². The predicted molar refractivity (Wildman–Crippen MR) is 79.2 cm³/mol. The normalized spacial score (nSPS) is 18.0. The Labute approximate surface area is 135 Å². The third kappa shape index (κ3) is 3.83. The van der Waals surface area contributed by atoms with Gasteiger partial charge in [-0.15, -0.1) is 11.3 Å². The van der Waals surface area contributed by atoms with Crippen LogP contribution in [0, 0.1) is 11.6 Å². The van der Waals surface area contributed by atoms with E-state index in [9.17, 15) is 13.6 Å². The van der Waals surface area contributed by atoms with Crippen LogP contribution in [-0.4, -0.2) is 42.1 Å². The number of hydrogen-bond donors (Lipinski definition) is 0. The zero-order valence-electron chi connectivity index (χ0n) is 12.1. The summed E-state index contributed by atoms with van der Waals surface area (Å²) >= 11 is 1.47. The smallest absolute Gasteiger partial charge is 0.260 e. The Balaban J connectivity index is 1.56. The summed E-state index contributed by atoms with van der Waals surface area (Å²) in [6.07, 6.45) is 1.45. The van der Waals surface area contributed by atoms with Crippen LogP contribution >= 0.6 is 11.3 Å². The third-order valence-electron chi connectivity index (χ3n) is 3.40. The number of carbonyl (C=O) groups is 1. The molecule has 1 aromatic heterocycles. The summed E-state index contributed by atoms with van der Waals surface area (Å²) in [6, 6.07) is 3.16. The first-order chi connectivity index (χ1) is 11.1. The van der Waals surface area contributed by atoms with Gasteiger partial charge in [-0.2, -0.15) is 0 Å². The van der Waals surface area contributed by atoms with Gasteiger partial charge >= 0.3 is 0 Å². The monoisotopic (exact) mass is 340 g/mol. The van der Waals surface area contributed by atoms with E-state index in [-0.39, 0.29) is 24.4 Å². The number of halogens is 2. The molecular formula is C15H14F2N2O3S. The molecule has 23 heavy (non-hydrogen) atoms. The second kappa shape index (κ2) is 7.01. The van der Waals surface area contributed by atoms with Crippen molar-refractivity contribution in [1.82, 2.24) is 9.88 Å². The van der Waals surface area contributed by atoms with Gasteiger partial charge in [0.1, 0.15) is 16.9 Å². The van der Waals surface area contributed by atoms with E-state index >= 15 is 0 Å². The van der Waals surface area contributed by atoms with Crippen molar-refractivity contribution in [3.63, 3.8) is 0 Å². The van der Waals surface area contributed by atoms with Crippen LogP contribution < -0.4 is 4.74 Å². The zero-order chi connectivity index (χ0) is 16.2. The van der Waals surface area contributed by atoms with Gasteiger partial charge in [-0.05, 0) is 12.1 Å². The molecule has 122 valence electrons. The lowest BCUT2D eigenvalue weighted by atomic mass is 10.3. The van der Waals surface area contributed by atoms with Gasteiger partial charge in [0.25, 0.3) is 5.91 Å². The number of nitrogens with zero attached hydrogens (tertiary/aromatic N) is 2. The first-order valence-corrected chi connectivity index (χ1v) is 7.88. The van der Waals surface area contributed by atoms with Crippen LogP contribution in [0.5, 0.6) is 5.75 Å². The van der Waals surface area contributed by atoms with Crippen molar-refractivity contribution in [2.24, 2.45) is 0 Å². The molecule has 1 saturated heterocycles. The summed E-state index contributed by atoms with van der Waals surface area (Å²) in [7, 11) is 0. The van der Waals surface area contributed by atoms with Gasteiger partial charge in [-0.25, -0.2) is 13.8 Å². The molecule has 1 atom stereocenters. The van der Waals surface area contributed by atoms with Gasteiger partial charge in [0.2, 0.25) is 0 Å². The van der Waals surface area contributed by atoms with Crippen LogP contribution in [0.25, 0.3) is 0 Å². The largest absolute Gasteiger partial charge is 0.484 e. The zero-order valence-corrected chi connectivity index (χ0v) is 12.9. The van der Waals surface area contributed by atoms with Crippen molar-refractivity contribution in [1.29, 1.82) is 0 Å². The fraction of sp³-hybridized carbons (Fsp3) is 0.333. The van der Waals surface area contributed by atoms with Gasteiger partial charge in [0, 0.05) is 24.2 Å². The Hall–Kier alpha value is -2.06. The number of morpholine rings is 1. The Morgan fingerprint density at radius 3 is 3.04 bits per heavy atom. The van der Waals surface area contributed by atoms with Crippen LogP contribution in [0.15, 0.2) is 29.8 Å². The molecule has 8 heteroatoms. The van der Waals surface area contributed by atoms with E-state index in [0.717, 1.165) is 17.1 Å². The van der Waals surface area contributed by atoms with Crippen molar-refractivity contribution in [2.45, 2.75) is 6.10 Å². The van der Waals surface area contributed by atoms with Crippen molar-refractivity contribution >= 4 is 17.2 Å². The number of amides is 1. The quantitative estimate of drug-likeness (QED) is 0.858. The third-order valence-corrected chi connectivity index (χ3v) is 4.27. The summed E-state index contributed by atoms with van der Waals surface area (Å²) in [5, 5.41) is 2.68. The van der Waals surface area contributed by atoms with Crippen LogP contribution in [0.4, 0.5) is 8.78 Å². The molecule has 1 amide bonds. The average Bonchev–Trinajstić information content (AvgIpc) is 3.10. The fourth-order valence-corrected chi connectivity index (χ4v) is 2.90. The molecule has 3 rings (SSSR count). The molecule has 5 nitrogen and oxygen atoms in total. The summed E-state index contributed by atoms with van der Waals surface area (Å²) in [5.74, 6) is -2.09. The molecule has 1 aliphatic heterocycles. The Kier molecular flexibility index (Phi) is 4.82. The lowest BCUT2D eigenvalue weighted by Gasteiger charge is -2.31.